The van der Waals surface area contributed by atoms with Gasteiger partial charge in [-0.1, -0.05) is 12.1 Å². The lowest BCUT2D eigenvalue weighted by Crippen LogP contribution is -2.18. The van der Waals surface area contributed by atoms with Crippen molar-refractivity contribution >= 4 is 11.7 Å². The minimum Gasteiger partial charge on any atom is -0.481 e. The summed E-state index contributed by atoms with van der Waals surface area (Å²) < 4.78 is 0. The maximum atomic E-state index is 10.4. The first-order chi connectivity index (χ1) is 9.25. The number of hydrogen-bond acceptors (Lipinski definition) is 3. The molecule has 0 unspecified atom stereocenters. The van der Waals surface area contributed by atoms with Crippen molar-refractivity contribution in [2.75, 3.05) is 24.5 Å². The third-order valence-corrected chi connectivity index (χ3v) is 3.48. The number of anilines is 1. The summed E-state index contributed by atoms with van der Waals surface area (Å²) in [5.74, 6) is -0.725. The highest BCUT2D eigenvalue weighted by atomic mass is 16.4. The highest BCUT2D eigenvalue weighted by Gasteiger charge is 2.11. The molecule has 0 atom stereocenters. The van der Waals surface area contributed by atoms with Crippen LogP contribution in [0.15, 0.2) is 24.3 Å². The van der Waals surface area contributed by atoms with E-state index in [4.69, 9.17) is 5.11 Å². The van der Waals surface area contributed by atoms with Crippen molar-refractivity contribution in [2.45, 2.75) is 32.2 Å². The van der Waals surface area contributed by atoms with E-state index in [1.165, 1.54) is 37.2 Å². The van der Waals surface area contributed by atoms with Crippen molar-refractivity contribution < 1.29 is 9.90 Å². The van der Waals surface area contributed by atoms with E-state index >= 15 is 0 Å². The van der Waals surface area contributed by atoms with Gasteiger partial charge in [0.25, 0.3) is 0 Å². The van der Waals surface area contributed by atoms with Gasteiger partial charge in [0.2, 0.25) is 0 Å². The molecule has 1 saturated heterocycles. The van der Waals surface area contributed by atoms with Crippen LogP contribution in [0.5, 0.6) is 0 Å². The molecule has 4 nitrogen and oxygen atoms in total. The van der Waals surface area contributed by atoms with Gasteiger partial charge in [-0.05, 0) is 43.5 Å². The molecule has 0 amide bonds. The molecule has 19 heavy (non-hydrogen) atoms. The number of rotatable bonds is 7. The lowest BCUT2D eigenvalue weighted by atomic mass is 10.2. The summed E-state index contributed by atoms with van der Waals surface area (Å²) in [6, 6.07) is 8.66. The predicted octanol–water partition coefficient (Wildman–Crippen LogP) is 2.24. The lowest BCUT2D eigenvalue weighted by molar-refractivity contribution is -0.137. The van der Waals surface area contributed by atoms with Gasteiger partial charge >= 0.3 is 5.97 Å². The number of carboxylic acids is 1. The number of hydrogen-bond donors (Lipinski definition) is 2. The zero-order valence-corrected chi connectivity index (χ0v) is 11.3. The predicted molar refractivity (Wildman–Crippen MR) is 76.5 cm³/mol. The number of nitrogens with one attached hydrogen (secondary N) is 1. The first-order valence-corrected chi connectivity index (χ1v) is 7.02. The molecule has 0 saturated carbocycles. The summed E-state index contributed by atoms with van der Waals surface area (Å²) >= 11 is 0. The van der Waals surface area contributed by atoms with E-state index in [0.29, 0.717) is 6.42 Å². The molecule has 0 spiro atoms. The van der Waals surface area contributed by atoms with E-state index in [-0.39, 0.29) is 6.42 Å². The summed E-state index contributed by atoms with van der Waals surface area (Å²) in [5, 5.41) is 11.8. The summed E-state index contributed by atoms with van der Waals surface area (Å²) in [7, 11) is 0. The molecule has 1 aromatic carbocycles. The van der Waals surface area contributed by atoms with Gasteiger partial charge in [-0.15, -0.1) is 0 Å². The van der Waals surface area contributed by atoms with Gasteiger partial charge in [0.05, 0.1) is 0 Å². The molecule has 1 aliphatic heterocycles. The highest BCUT2D eigenvalue weighted by molar-refractivity contribution is 5.66. The van der Waals surface area contributed by atoms with Gasteiger partial charge in [-0.2, -0.15) is 0 Å². The third kappa shape index (κ3) is 4.56. The zero-order chi connectivity index (χ0) is 13.5. The Morgan fingerprint density at radius 1 is 1.21 bits per heavy atom. The highest BCUT2D eigenvalue weighted by Crippen LogP contribution is 2.20. The number of benzene rings is 1. The average Bonchev–Trinajstić information content (AvgIpc) is 2.93. The lowest BCUT2D eigenvalue weighted by Gasteiger charge is -2.17. The third-order valence-electron chi connectivity index (χ3n) is 3.48. The molecule has 1 aliphatic rings. The molecule has 0 bridgehead atoms. The van der Waals surface area contributed by atoms with Crippen LogP contribution in [0.3, 0.4) is 0 Å². The van der Waals surface area contributed by atoms with Gasteiger partial charge in [0, 0.05) is 31.7 Å². The molecule has 2 rings (SSSR count). The van der Waals surface area contributed by atoms with Gasteiger partial charge in [0.15, 0.2) is 0 Å². The fourth-order valence-electron chi connectivity index (χ4n) is 2.40. The van der Waals surface area contributed by atoms with E-state index < -0.39 is 5.97 Å². The summed E-state index contributed by atoms with van der Waals surface area (Å²) in [4.78, 5) is 12.8. The summed E-state index contributed by atoms with van der Waals surface area (Å²) in [6.45, 7) is 3.90. The van der Waals surface area contributed by atoms with Gasteiger partial charge in [-0.25, -0.2) is 0 Å². The number of nitrogens with zero attached hydrogens (tertiary/aromatic N) is 1. The number of aliphatic carboxylic acids is 1. The Morgan fingerprint density at radius 2 is 1.89 bits per heavy atom. The van der Waals surface area contributed by atoms with E-state index in [9.17, 15) is 4.79 Å². The molecular weight excluding hydrogens is 240 g/mol. The molecule has 1 aromatic rings. The molecule has 4 heteroatoms. The Morgan fingerprint density at radius 3 is 2.53 bits per heavy atom. The van der Waals surface area contributed by atoms with Gasteiger partial charge in [0.1, 0.15) is 0 Å². The molecule has 0 aromatic heterocycles. The van der Waals surface area contributed by atoms with Crippen LogP contribution < -0.4 is 10.2 Å². The number of carbonyl (C=O) groups is 1. The fraction of sp³-hybridized carbons (Fsp3) is 0.533. The van der Waals surface area contributed by atoms with E-state index in [2.05, 4.69) is 34.5 Å². The van der Waals surface area contributed by atoms with Crippen molar-refractivity contribution in [1.29, 1.82) is 0 Å². The normalized spacial score (nSPS) is 14.8. The SMILES string of the molecule is O=C(O)CCCNCc1ccc(N2CCCC2)cc1. The fourth-order valence-corrected chi connectivity index (χ4v) is 2.40. The standard InChI is InChI=1S/C15H22N2O2/c18-15(19)4-3-9-16-12-13-5-7-14(8-6-13)17-10-1-2-11-17/h5-8,16H,1-4,9-12H2,(H,18,19). The second-order valence-electron chi connectivity index (χ2n) is 5.03. The molecule has 104 valence electrons. The Labute approximate surface area is 114 Å². The molecule has 1 heterocycles. The van der Waals surface area contributed by atoms with Crippen LogP contribution >= 0.6 is 0 Å². The molecule has 0 radical (unpaired) electrons. The van der Waals surface area contributed by atoms with Crippen molar-refractivity contribution in [3.05, 3.63) is 29.8 Å². The zero-order valence-electron chi connectivity index (χ0n) is 11.3. The molecule has 2 N–H and O–H groups in total. The maximum absolute atomic E-state index is 10.4. The van der Waals surface area contributed by atoms with Crippen LogP contribution in [-0.2, 0) is 11.3 Å². The smallest absolute Gasteiger partial charge is 0.303 e. The van der Waals surface area contributed by atoms with E-state index in [1.54, 1.807) is 0 Å². The Kier molecular flexibility index (Phi) is 5.21. The Hall–Kier alpha value is -1.55. The molecule has 0 aliphatic carbocycles. The Balaban J connectivity index is 1.71. The maximum Gasteiger partial charge on any atom is 0.303 e. The minimum atomic E-state index is -0.725. The topological polar surface area (TPSA) is 52.6 Å². The second kappa shape index (κ2) is 7.14. The van der Waals surface area contributed by atoms with Crippen LogP contribution in [0.4, 0.5) is 5.69 Å². The van der Waals surface area contributed by atoms with Crippen LogP contribution in [-0.4, -0.2) is 30.7 Å². The average molecular weight is 262 g/mol. The summed E-state index contributed by atoms with van der Waals surface area (Å²) in [5.41, 5.74) is 2.56. The molecule has 1 fully saturated rings. The van der Waals surface area contributed by atoms with Crippen molar-refractivity contribution in [3.63, 3.8) is 0 Å². The van der Waals surface area contributed by atoms with Crippen LogP contribution in [0.1, 0.15) is 31.2 Å². The quantitative estimate of drug-likeness (QED) is 0.740. The summed E-state index contributed by atoms with van der Waals surface area (Å²) in [6.07, 6.45) is 3.52. The number of carboxylic acid groups (broad SMARTS) is 1. The van der Waals surface area contributed by atoms with E-state index in [1.807, 2.05) is 0 Å². The Bertz CT molecular complexity index is 397. The van der Waals surface area contributed by atoms with Crippen molar-refractivity contribution in [1.82, 2.24) is 5.32 Å². The van der Waals surface area contributed by atoms with Crippen molar-refractivity contribution in [2.24, 2.45) is 0 Å². The van der Waals surface area contributed by atoms with Crippen LogP contribution in [0.25, 0.3) is 0 Å². The van der Waals surface area contributed by atoms with Crippen LogP contribution in [0.2, 0.25) is 0 Å². The monoisotopic (exact) mass is 262 g/mol. The minimum absolute atomic E-state index is 0.237. The first kappa shape index (κ1) is 13.9. The van der Waals surface area contributed by atoms with Gasteiger partial charge < -0.3 is 15.3 Å². The largest absolute Gasteiger partial charge is 0.481 e. The van der Waals surface area contributed by atoms with Crippen molar-refractivity contribution in [3.8, 4) is 0 Å². The van der Waals surface area contributed by atoms with E-state index in [0.717, 1.165) is 13.1 Å². The van der Waals surface area contributed by atoms with Gasteiger partial charge in [-0.3, -0.25) is 4.79 Å². The van der Waals surface area contributed by atoms with Crippen LogP contribution in [0, 0.1) is 0 Å². The second-order valence-corrected chi connectivity index (χ2v) is 5.03. The first-order valence-electron chi connectivity index (χ1n) is 7.02. The molecular formula is C15H22N2O2.